The van der Waals surface area contributed by atoms with E-state index in [0.29, 0.717) is 0 Å². The van der Waals surface area contributed by atoms with Gasteiger partial charge in [-0.1, -0.05) is 44.2 Å². The predicted molar refractivity (Wildman–Crippen MR) is 89.6 cm³/mol. The lowest BCUT2D eigenvalue weighted by Gasteiger charge is -2.39. The van der Waals surface area contributed by atoms with Crippen molar-refractivity contribution in [3.8, 4) is 0 Å². The Morgan fingerprint density at radius 1 is 1.10 bits per heavy atom. The Morgan fingerprint density at radius 3 is 2.38 bits per heavy atom. The molecule has 1 saturated carbocycles. The summed E-state index contributed by atoms with van der Waals surface area (Å²) in [5.74, 6) is 1.54. The first-order chi connectivity index (χ1) is 10.2. The van der Waals surface area contributed by atoms with Crippen molar-refractivity contribution >= 4 is 0 Å². The molecule has 2 aliphatic rings. The van der Waals surface area contributed by atoms with Gasteiger partial charge in [0.1, 0.15) is 0 Å². The lowest BCUT2D eigenvalue weighted by atomic mass is 9.76. The van der Waals surface area contributed by atoms with Crippen molar-refractivity contribution in [1.29, 1.82) is 0 Å². The molecule has 21 heavy (non-hydrogen) atoms. The van der Waals surface area contributed by atoms with Crippen LogP contribution in [-0.2, 0) is 0 Å². The van der Waals surface area contributed by atoms with E-state index in [9.17, 15) is 0 Å². The summed E-state index contributed by atoms with van der Waals surface area (Å²) in [5.41, 5.74) is 1.52. The zero-order chi connectivity index (χ0) is 14.7. The minimum atomic E-state index is 0.725. The van der Waals surface area contributed by atoms with Crippen LogP contribution < -0.4 is 5.32 Å². The Balaban J connectivity index is 1.43. The fourth-order valence-corrected chi connectivity index (χ4v) is 3.93. The van der Waals surface area contributed by atoms with Crippen LogP contribution in [0.2, 0.25) is 0 Å². The van der Waals surface area contributed by atoms with E-state index < -0.39 is 0 Å². The summed E-state index contributed by atoms with van der Waals surface area (Å²) in [4.78, 5) is 2.70. The van der Waals surface area contributed by atoms with Gasteiger partial charge in [-0.25, -0.2) is 0 Å². The molecule has 2 nitrogen and oxygen atoms in total. The minimum absolute atomic E-state index is 0.725. The maximum Gasteiger partial charge on any atom is 0.0243 e. The van der Waals surface area contributed by atoms with Crippen LogP contribution in [0.3, 0.4) is 0 Å². The van der Waals surface area contributed by atoms with Crippen LogP contribution in [0.4, 0.5) is 0 Å². The van der Waals surface area contributed by atoms with Crippen LogP contribution in [0.1, 0.15) is 51.0 Å². The second kappa shape index (κ2) is 6.93. The zero-order valence-corrected chi connectivity index (χ0v) is 13.6. The van der Waals surface area contributed by atoms with Gasteiger partial charge in [-0.05, 0) is 56.2 Å². The third kappa shape index (κ3) is 3.67. The van der Waals surface area contributed by atoms with Crippen molar-refractivity contribution in [2.75, 3.05) is 19.6 Å². The number of nitrogens with zero attached hydrogens (tertiary/aromatic N) is 1. The quantitative estimate of drug-likeness (QED) is 0.859. The Kier molecular flexibility index (Phi) is 4.97. The predicted octanol–water partition coefficient (Wildman–Crippen LogP) is 3.64. The number of hydrogen-bond donors (Lipinski definition) is 1. The van der Waals surface area contributed by atoms with Gasteiger partial charge >= 0.3 is 0 Å². The summed E-state index contributed by atoms with van der Waals surface area (Å²) in [6, 6.07) is 12.5. The van der Waals surface area contributed by atoms with Gasteiger partial charge in [0.15, 0.2) is 0 Å². The van der Waals surface area contributed by atoms with Gasteiger partial charge in [0.05, 0.1) is 0 Å². The van der Waals surface area contributed by atoms with E-state index in [1.807, 2.05) is 0 Å². The SMILES string of the molecule is CC(C)C(CNC1CC(c2ccccc2)C1)N1CCCC1. The van der Waals surface area contributed by atoms with Crippen LogP contribution in [0.5, 0.6) is 0 Å². The van der Waals surface area contributed by atoms with Crippen molar-refractivity contribution in [3.63, 3.8) is 0 Å². The number of hydrogen-bond acceptors (Lipinski definition) is 2. The van der Waals surface area contributed by atoms with Crippen LogP contribution in [-0.4, -0.2) is 36.6 Å². The molecule has 116 valence electrons. The molecule has 1 atom stereocenters. The van der Waals surface area contributed by atoms with E-state index in [2.05, 4.69) is 54.4 Å². The monoisotopic (exact) mass is 286 g/mol. The maximum absolute atomic E-state index is 3.84. The number of likely N-dealkylation sites (tertiary alicyclic amines) is 1. The van der Waals surface area contributed by atoms with Crippen LogP contribution in [0.25, 0.3) is 0 Å². The summed E-state index contributed by atoms with van der Waals surface area (Å²) < 4.78 is 0. The molecule has 0 amide bonds. The fourth-order valence-electron chi connectivity index (χ4n) is 3.93. The highest BCUT2D eigenvalue weighted by Gasteiger charge is 2.31. The van der Waals surface area contributed by atoms with Gasteiger partial charge in [0.25, 0.3) is 0 Å². The van der Waals surface area contributed by atoms with E-state index in [4.69, 9.17) is 0 Å². The van der Waals surface area contributed by atoms with Gasteiger partial charge in [-0.15, -0.1) is 0 Å². The smallest absolute Gasteiger partial charge is 0.0243 e. The Morgan fingerprint density at radius 2 is 1.76 bits per heavy atom. The molecule has 1 aromatic carbocycles. The van der Waals surface area contributed by atoms with E-state index >= 15 is 0 Å². The number of rotatable bonds is 6. The number of nitrogens with one attached hydrogen (secondary N) is 1. The van der Waals surface area contributed by atoms with Gasteiger partial charge in [-0.3, -0.25) is 4.90 Å². The third-order valence-corrected chi connectivity index (χ3v) is 5.40. The minimum Gasteiger partial charge on any atom is -0.312 e. The van der Waals surface area contributed by atoms with Gasteiger partial charge in [0.2, 0.25) is 0 Å². The van der Waals surface area contributed by atoms with Crippen LogP contribution >= 0.6 is 0 Å². The highest BCUT2D eigenvalue weighted by Crippen LogP contribution is 2.36. The molecule has 3 rings (SSSR count). The summed E-state index contributed by atoms with van der Waals surface area (Å²) in [6.07, 6.45) is 5.41. The first kappa shape index (κ1) is 15.1. The molecule has 0 aromatic heterocycles. The lowest BCUT2D eigenvalue weighted by molar-refractivity contribution is 0.169. The van der Waals surface area contributed by atoms with Crippen LogP contribution in [0, 0.1) is 5.92 Å². The second-order valence-corrected chi connectivity index (χ2v) is 7.24. The lowest BCUT2D eigenvalue weighted by Crippen LogP contribution is -2.49. The third-order valence-electron chi connectivity index (χ3n) is 5.40. The molecular weight excluding hydrogens is 256 g/mol. The van der Waals surface area contributed by atoms with Crippen molar-refractivity contribution in [2.45, 2.75) is 57.5 Å². The highest BCUT2D eigenvalue weighted by atomic mass is 15.2. The van der Waals surface area contributed by atoms with Crippen molar-refractivity contribution in [1.82, 2.24) is 10.2 Å². The molecule has 2 heteroatoms. The van der Waals surface area contributed by atoms with Gasteiger partial charge in [0, 0.05) is 18.6 Å². The molecule has 0 spiro atoms. The number of benzene rings is 1. The Labute approximate surface area is 129 Å². The topological polar surface area (TPSA) is 15.3 Å². The molecule has 1 aliphatic carbocycles. The molecule has 1 heterocycles. The summed E-state index contributed by atoms with van der Waals surface area (Å²) in [5, 5.41) is 3.84. The maximum atomic E-state index is 3.84. The summed E-state index contributed by atoms with van der Waals surface area (Å²) in [7, 11) is 0. The fraction of sp³-hybridized carbons (Fsp3) is 0.684. The van der Waals surface area contributed by atoms with E-state index in [-0.39, 0.29) is 0 Å². The molecular formula is C19H30N2. The molecule has 1 saturated heterocycles. The summed E-state index contributed by atoms with van der Waals surface area (Å²) in [6.45, 7) is 8.53. The molecule has 0 radical (unpaired) electrons. The first-order valence-electron chi connectivity index (χ1n) is 8.76. The van der Waals surface area contributed by atoms with Gasteiger partial charge < -0.3 is 5.32 Å². The van der Waals surface area contributed by atoms with Crippen molar-refractivity contribution < 1.29 is 0 Å². The van der Waals surface area contributed by atoms with E-state index in [0.717, 1.165) is 23.9 Å². The van der Waals surface area contributed by atoms with E-state index in [1.165, 1.54) is 50.9 Å². The molecule has 1 aromatic rings. The molecule has 1 N–H and O–H groups in total. The molecule has 2 fully saturated rings. The largest absolute Gasteiger partial charge is 0.312 e. The van der Waals surface area contributed by atoms with Crippen molar-refractivity contribution in [3.05, 3.63) is 35.9 Å². The van der Waals surface area contributed by atoms with Gasteiger partial charge in [-0.2, -0.15) is 0 Å². The summed E-state index contributed by atoms with van der Waals surface area (Å²) >= 11 is 0. The average molecular weight is 286 g/mol. The van der Waals surface area contributed by atoms with Crippen LogP contribution in [0.15, 0.2) is 30.3 Å². The molecule has 1 unspecified atom stereocenters. The molecule has 0 bridgehead atoms. The standard InChI is InChI=1S/C19H30N2/c1-15(2)19(21-10-6-7-11-21)14-20-18-12-17(13-18)16-8-4-3-5-9-16/h3-5,8-9,15,17-20H,6-7,10-14H2,1-2H3. The van der Waals surface area contributed by atoms with E-state index in [1.54, 1.807) is 0 Å². The Hall–Kier alpha value is -0.860. The first-order valence-corrected chi connectivity index (χ1v) is 8.76. The normalized spacial score (nSPS) is 27.8. The zero-order valence-electron chi connectivity index (χ0n) is 13.6. The van der Waals surface area contributed by atoms with Crippen molar-refractivity contribution in [2.24, 2.45) is 5.92 Å². The Bertz CT molecular complexity index is 416. The average Bonchev–Trinajstić information content (AvgIpc) is 2.95. The molecule has 1 aliphatic heterocycles. The highest BCUT2D eigenvalue weighted by molar-refractivity contribution is 5.22. The second-order valence-electron chi connectivity index (χ2n) is 7.24.